The number of rotatable bonds is 5. The molecule has 0 saturated carbocycles. The van der Waals surface area contributed by atoms with E-state index in [9.17, 15) is 28.9 Å². The summed E-state index contributed by atoms with van der Waals surface area (Å²) in [5.74, 6) is -3.03. The topological polar surface area (TPSA) is 107 Å². The van der Waals surface area contributed by atoms with Crippen LogP contribution < -0.4 is 0 Å². The maximum Gasteiger partial charge on any atom is 0.326 e. The van der Waals surface area contributed by atoms with E-state index in [1.165, 1.54) is 36.4 Å². The normalized spacial score (nSPS) is 12.9. The number of esters is 1. The molecule has 0 radical (unpaired) electrons. The van der Waals surface area contributed by atoms with Crippen LogP contribution in [0.2, 0.25) is 0 Å². The Bertz CT molecular complexity index is 925. The van der Waals surface area contributed by atoms with E-state index in [1.54, 1.807) is 0 Å². The largest absolute Gasteiger partial charge is 0.459 e. The van der Waals surface area contributed by atoms with E-state index in [0.29, 0.717) is 10.5 Å². The van der Waals surface area contributed by atoms with Crippen LogP contribution in [0.5, 0.6) is 0 Å². The number of imide groups is 1. The van der Waals surface area contributed by atoms with Gasteiger partial charge in [-0.1, -0.05) is 18.2 Å². The minimum atomic E-state index is -0.920. The molecule has 2 amide bonds. The summed E-state index contributed by atoms with van der Waals surface area (Å²) in [5, 5.41) is 11.0. The molecule has 1 aliphatic heterocycles. The zero-order chi connectivity index (χ0) is 18.8. The van der Waals surface area contributed by atoms with Gasteiger partial charge >= 0.3 is 5.97 Å². The molecule has 132 valence electrons. The molecule has 2 aromatic rings. The highest BCUT2D eigenvalue weighted by atomic mass is 19.1. The summed E-state index contributed by atoms with van der Waals surface area (Å²) in [6, 6.07) is 8.94. The Morgan fingerprint density at radius 2 is 1.81 bits per heavy atom. The quantitative estimate of drug-likeness (QED) is 0.350. The Kier molecular flexibility index (Phi) is 4.44. The van der Waals surface area contributed by atoms with E-state index in [-0.39, 0.29) is 17.7 Å². The third-order valence-electron chi connectivity index (χ3n) is 3.77. The van der Waals surface area contributed by atoms with Gasteiger partial charge in [-0.05, 0) is 23.8 Å². The average Bonchev–Trinajstić information content (AvgIpc) is 2.86. The Hall–Kier alpha value is -3.62. The molecule has 0 fully saturated rings. The first-order valence-electron chi connectivity index (χ1n) is 7.42. The molecule has 0 saturated heterocycles. The average molecular weight is 358 g/mol. The fraction of sp³-hybridized carbons (Fsp3) is 0.118. The first-order chi connectivity index (χ1) is 12.4. The third kappa shape index (κ3) is 3.14. The molecule has 3 rings (SSSR count). The van der Waals surface area contributed by atoms with Crippen molar-refractivity contribution in [1.82, 2.24) is 4.90 Å². The van der Waals surface area contributed by atoms with Crippen molar-refractivity contribution in [3.05, 3.63) is 75.1 Å². The standard InChI is InChI=1S/C17H11FN2O6/c18-11-6-4-10(5-7-11)9-26-14(21)8-19-16(22)12-2-1-3-13(20(24)25)15(12)17(19)23/h1-7H,8-9H2. The van der Waals surface area contributed by atoms with Crippen molar-refractivity contribution in [2.45, 2.75) is 6.61 Å². The lowest BCUT2D eigenvalue weighted by molar-refractivity contribution is -0.385. The Balaban J connectivity index is 1.70. The number of halogens is 1. The highest BCUT2D eigenvalue weighted by molar-refractivity contribution is 6.24. The van der Waals surface area contributed by atoms with Crippen LogP contribution in [-0.4, -0.2) is 34.2 Å². The molecule has 0 aliphatic carbocycles. The zero-order valence-electron chi connectivity index (χ0n) is 13.2. The smallest absolute Gasteiger partial charge is 0.326 e. The van der Waals surface area contributed by atoms with Crippen LogP contribution in [0, 0.1) is 15.9 Å². The predicted octanol–water partition coefficient (Wildman–Crippen LogP) is 2.07. The molecular weight excluding hydrogens is 347 g/mol. The first-order valence-corrected chi connectivity index (χ1v) is 7.42. The molecule has 8 nitrogen and oxygen atoms in total. The van der Waals surface area contributed by atoms with Crippen molar-refractivity contribution in [2.75, 3.05) is 6.54 Å². The van der Waals surface area contributed by atoms with Gasteiger partial charge in [0.15, 0.2) is 0 Å². The lowest BCUT2D eigenvalue weighted by Crippen LogP contribution is -2.35. The summed E-state index contributed by atoms with van der Waals surface area (Å²) < 4.78 is 17.8. The highest BCUT2D eigenvalue weighted by Crippen LogP contribution is 2.30. The number of carbonyl (C=O) groups is 3. The van der Waals surface area contributed by atoms with Gasteiger partial charge in [-0.3, -0.25) is 29.4 Å². The van der Waals surface area contributed by atoms with Crippen molar-refractivity contribution < 1.29 is 28.4 Å². The van der Waals surface area contributed by atoms with E-state index in [0.717, 1.165) is 6.07 Å². The molecule has 26 heavy (non-hydrogen) atoms. The number of nitro benzene ring substituents is 1. The van der Waals surface area contributed by atoms with Crippen LogP contribution >= 0.6 is 0 Å². The minimum Gasteiger partial charge on any atom is -0.459 e. The van der Waals surface area contributed by atoms with E-state index < -0.39 is 40.8 Å². The van der Waals surface area contributed by atoms with E-state index >= 15 is 0 Å². The third-order valence-corrected chi connectivity index (χ3v) is 3.77. The Labute approximate surface area is 145 Å². The number of hydrogen-bond donors (Lipinski definition) is 0. The molecule has 0 atom stereocenters. The van der Waals surface area contributed by atoms with E-state index in [4.69, 9.17) is 4.74 Å². The van der Waals surface area contributed by atoms with Gasteiger partial charge in [-0.2, -0.15) is 0 Å². The van der Waals surface area contributed by atoms with Crippen molar-refractivity contribution >= 4 is 23.5 Å². The van der Waals surface area contributed by atoms with E-state index in [1.807, 2.05) is 0 Å². The maximum atomic E-state index is 12.8. The molecule has 1 heterocycles. The number of ether oxygens (including phenoxy) is 1. The summed E-state index contributed by atoms with van der Waals surface area (Å²) in [7, 11) is 0. The van der Waals surface area contributed by atoms with Gasteiger partial charge in [0.25, 0.3) is 17.5 Å². The second-order valence-corrected chi connectivity index (χ2v) is 5.44. The Morgan fingerprint density at radius 1 is 1.12 bits per heavy atom. The summed E-state index contributed by atoms with van der Waals surface area (Å²) in [6.45, 7) is -0.840. The van der Waals surface area contributed by atoms with Gasteiger partial charge in [-0.25, -0.2) is 4.39 Å². The van der Waals surface area contributed by atoms with Crippen LogP contribution in [-0.2, 0) is 16.1 Å². The van der Waals surface area contributed by atoms with Crippen molar-refractivity contribution in [3.63, 3.8) is 0 Å². The van der Waals surface area contributed by atoms with Crippen LogP contribution in [0.4, 0.5) is 10.1 Å². The van der Waals surface area contributed by atoms with Gasteiger partial charge < -0.3 is 4.74 Å². The fourth-order valence-electron chi connectivity index (χ4n) is 2.53. The van der Waals surface area contributed by atoms with Crippen molar-refractivity contribution in [3.8, 4) is 0 Å². The second kappa shape index (κ2) is 6.71. The molecule has 0 spiro atoms. The lowest BCUT2D eigenvalue weighted by atomic mass is 10.1. The van der Waals surface area contributed by atoms with Gasteiger partial charge in [0.2, 0.25) is 0 Å². The molecule has 0 N–H and O–H groups in total. The number of nitro groups is 1. The number of benzene rings is 2. The molecular formula is C17H11FN2O6. The molecule has 1 aliphatic rings. The summed E-state index contributed by atoms with van der Waals surface area (Å²) in [5.41, 5.74) is -0.440. The fourth-order valence-corrected chi connectivity index (χ4v) is 2.53. The zero-order valence-corrected chi connectivity index (χ0v) is 13.2. The summed E-state index contributed by atoms with van der Waals surface area (Å²) >= 11 is 0. The molecule has 2 aromatic carbocycles. The van der Waals surface area contributed by atoms with Gasteiger partial charge in [0.1, 0.15) is 24.5 Å². The lowest BCUT2D eigenvalue weighted by Gasteiger charge is -2.13. The van der Waals surface area contributed by atoms with Crippen molar-refractivity contribution in [2.24, 2.45) is 0 Å². The van der Waals surface area contributed by atoms with Gasteiger partial charge in [0, 0.05) is 6.07 Å². The van der Waals surface area contributed by atoms with Crippen LogP contribution in [0.3, 0.4) is 0 Å². The van der Waals surface area contributed by atoms with Crippen LogP contribution in [0.25, 0.3) is 0 Å². The highest BCUT2D eigenvalue weighted by Gasteiger charge is 2.41. The van der Waals surface area contributed by atoms with Gasteiger partial charge in [-0.15, -0.1) is 0 Å². The van der Waals surface area contributed by atoms with Crippen LogP contribution in [0.1, 0.15) is 26.3 Å². The number of amides is 2. The molecule has 0 aromatic heterocycles. The molecule has 0 unspecified atom stereocenters. The second-order valence-electron chi connectivity index (χ2n) is 5.44. The predicted molar refractivity (Wildman–Crippen MR) is 84.7 cm³/mol. The number of carbonyl (C=O) groups excluding carboxylic acids is 3. The Morgan fingerprint density at radius 3 is 2.46 bits per heavy atom. The van der Waals surface area contributed by atoms with Crippen LogP contribution in [0.15, 0.2) is 42.5 Å². The molecule has 9 heteroatoms. The minimum absolute atomic E-state index is 0.129. The molecule has 0 bridgehead atoms. The van der Waals surface area contributed by atoms with E-state index in [2.05, 4.69) is 0 Å². The monoisotopic (exact) mass is 358 g/mol. The van der Waals surface area contributed by atoms with Gasteiger partial charge in [0.05, 0.1) is 10.5 Å². The maximum absolute atomic E-state index is 12.8. The SMILES string of the molecule is O=C(CN1C(=O)c2cccc([N+](=O)[O-])c2C1=O)OCc1ccc(F)cc1. The summed E-state index contributed by atoms with van der Waals surface area (Å²) in [4.78, 5) is 47.4. The number of fused-ring (bicyclic) bond motifs is 1. The number of hydrogen-bond acceptors (Lipinski definition) is 6. The number of nitrogens with zero attached hydrogens (tertiary/aromatic N) is 2. The first kappa shape index (κ1) is 17.2. The van der Waals surface area contributed by atoms with Crippen molar-refractivity contribution in [1.29, 1.82) is 0 Å². The summed E-state index contributed by atoms with van der Waals surface area (Å²) in [6.07, 6.45) is 0.